The Morgan fingerprint density at radius 3 is 1.74 bits per heavy atom. The molecule has 0 N–H and O–H groups in total. The summed E-state index contributed by atoms with van der Waals surface area (Å²) in [5.74, 6) is 0. The van der Waals surface area contributed by atoms with Crippen molar-refractivity contribution in [3.05, 3.63) is 57.6 Å². The van der Waals surface area contributed by atoms with Gasteiger partial charge in [0.05, 0.1) is 0 Å². The Morgan fingerprint density at radius 1 is 0.739 bits per heavy atom. The van der Waals surface area contributed by atoms with Gasteiger partial charge < -0.3 is 4.90 Å². The van der Waals surface area contributed by atoms with Gasteiger partial charge in [-0.05, 0) is 79.5 Å². The van der Waals surface area contributed by atoms with E-state index in [-0.39, 0.29) is 5.41 Å². The summed E-state index contributed by atoms with van der Waals surface area (Å²) >= 11 is 0. The van der Waals surface area contributed by atoms with Crippen molar-refractivity contribution < 1.29 is 0 Å². The molecule has 0 aliphatic carbocycles. The van der Waals surface area contributed by atoms with Gasteiger partial charge in [0.15, 0.2) is 0 Å². The summed E-state index contributed by atoms with van der Waals surface area (Å²) in [6.07, 6.45) is 0. The molecule has 0 saturated heterocycles. The molecule has 1 nitrogen and oxygen atoms in total. The average molecular weight is 309 g/mol. The fraction of sp³-hybridized carbons (Fsp3) is 0.455. The number of hydrogen-bond acceptors (Lipinski definition) is 1. The van der Waals surface area contributed by atoms with Crippen LogP contribution < -0.4 is 4.90 Å². The third kappa shape index (κ3) is 3.29. The summed E-state index contributed by atoms with van der Waals surface area (Å²) in [6.45, 7) is 17.9. The lowest BCUT2D eigenvalue weighted by Crippen LogP contribution is -2.17. The van der Waals surface area contributed by atoms with E-state index in [9.17, 15) is 0 Å². The average Bonchev–Trinajstić information content (AvgIpc) is 2.44. The van der Waals surface area contributed by atoms with Crippen molar-refractivity contribution in [3.63, 3.8) is 0 Å². The third-order valence-electron chi connectivity index (χ3n) is 5.10. The smallest absolute Gasteiger partial charge is 0.0472 e. The molecule has 2 aromatic carbocycles. The summed E-state index contributed by atoms with van der Waals surface area (Å²) in [6, 6.07) is 9.15. The standard InChI is InChI=1S/C22H31N/c1-14-10-11-19(22(6,7)8)13-20(14)23(9)21-17(4)15(2)12-16(3)18(21)5/h10-13H,1-9H3. The molecule has 2 aromatic rings. The van der Waals surface area contributed by atoms with E-state index in [1.165, 1.54) is 44.8 Å². The van der Waals surface area contributed by atoms with Gasteiger partial charge in [-0.2, -0.15) is 0 Å². The second kappa shape index (κ2) is 6.03. The molecule has 0 heterocycles. The lowest BCUT2D eigenvalue weighted by atomic mass is 9.86. The fourth-order valence-corrected chi connectivity index (χ4v) is 3.26. The second-order valence-electron chi connectivity index (χ2n) is 7.92. The van der Waals surface area contributed by atoms with Crippen molar-refractivity contribution in [2.24, 2.45) is 0 Å². The Kier molecular flexibility index (Phi) is 4.61. The van der Waals surface area contributed by atoms with E-state index < -0.39 is 0 Å². The van der Waals surface area contributed by atoms with Gasteiger partial charge in [0.25, 0.3) is 0 Å². The molecule has 0 radical (unpaired) electrons. The molecule has 0 bridgehead atoms. The minimum Gasteiger partial charge on any atom is -0.344 e. The maximum absolute atomic E-state index is 2.37. The number of rotatable bonds is 2. The van der Waals surface area contributed by atoms with Crippen LogP contribution in [-0.2, 0) is 5.41 Å². The van der Waals surface area contributed by atoms with Gasteiger partial charge in [0, 0.05) is 18.4 Å². The van der Waals surface area contributed by atoms with E-state index >= 15 is 0 Å². The zero-order valence-electron chi connectivity index (χ0n) is 16.3. The normalized spacial score (nSPS) is 11.7. The first-order valence-electron chi connectivity index (χ1n) is 8.46. The zero-order chi connectivity index (χ0) is 17.5. The summed E-state index contributed by atoms with van der Waals surface area (Å²) in [5, 5.41) is 0. The first-order chi connectivity index (χ1) is 10.5. The highest BCUT2D eigenvalue weighted by molar-refractivity contribution is 5.73. The molecule has 0 amide bonds. The van der Waals surface area contributed by atoms with Gasteiger partial charge in [0.1, 0.15) is 0 Å². The largest absolute Gasteiger partial charge is 0.344 e. The summed E-state index contributed by atoms with van der Waals surface area (Å²) in [5.41, 5.74) is 11.0. The SMILES string of the molecule is Cc1ccc(C(C)(C)C)cc1N(C)c1c(C)c(C)cc(C)c1C. The van der Waals surface area contributed by atoms with Crippen LogP contribution in [0.25, 0.3) is 0 Å². The summed E-state index contributed by atoms with van der Waals surface area (Å²) in [4.78, 5) is 2.37. The molecular weight excluding hydrogens is 278 g/mol. The van der Waals surface area contributed by atoms with Crippen molar-refractivity contribution in [2.45, 2.75) is 60.8 Å². The van der Waals surface area contributed by atoms with Crippen molar-refractivity contribution in [1.82, 2.24) is 0 Å². The molecule has 2 rings (SSSR count). The van der Waals surface area contributed by atoms with E-state index in [4.69, 9.17) is 0 Å². The molecule has 0 fully saturated rings. The van der Waals surface area contributed by atoms with Crippen LogP contribution in [0.2, 0.25) is 0 Å². The molecule has 0 saturated carbocycles. The molecule has 0 atom stereocenters. The highest BCUT2D eigenvalue weighted by Gasteiger charge is 2.19. The Morgan fingerprint density at radius 2 is 1.26 bits per heavy atom. The Labute approximate surface area is 142 Å². The fourth-order valence-electron chi connectivity index (χ4n) is 3.26. The highest BCUT2D eigenvalue weighted by atomic mass is 15.1. The van der Waals surface area contributed by atoms with Gasteiger partial charge in [0.2, 0.25) is 0 Å². The Hall–Kier alpha value is -1.76. The lowest BCUT2D eigenvalue weighted by Gasteiger charge is -2.29. The molecule has 0 aliphatic heterocycles. The Bertz CT molecular complexity index is 706. The quantitative estimate of drug-likeness (QED) is 0.629. The number of anilines is 2. The molecule has 0 spiro atoms. The van der Waals surface area contributed by atoms with E-state index in [1.807, 2.05) is 0 Å². The van der Waals surface area contributed by atoms with Crippen molar-refractivity contribution in [1.29, 1.82) is 0 Å². The predicted molar refractivity (Wildman–Crippen MR) is 103 cm³/mol. The number of nitrogens with zero attached hydrogens (tertiary/aromatic N) is 1. The maximum atomic E-state index is 2.37. The minimum absolute atomic E-state index is 0.163. The zero-order valence-corrected chi connectivity index (χ0v) is 16.3. The van der Waals surface area contributed by atoms with Crippen molar-refractivity contribution in [2.75, 3.05) is 11.9 Å². The van der Waals surface area contributed by atoms with Crippen molar-refractivity contribution in [3.8, 4) is 0 Å². The molecule has 0 unspecified atom stereocenters. The van der Waals surface area contributed by atoms with Crippen LogP contribution in [0.4, 0.5) is 11.4 Å². The molecule has 0 aromatic heterocycles. The molecule has 23 heavy (non-hydrogen) atoms. The number of benzene rings is 2. The van der Waals surface area contributed by atoms with Gasteiger partial charge in [-0.1, -0.05) is 39.0 Å². The van der Waals surface area contributed by atoms with Gasteiger partial charge in [-0.3, -0.25) is 0 Å². The number of hydrogen-bond donors (Lipinski definition) is 0. The molecule has 1 heteroatoms. The minimum atomic E-state index is 0.163. The molecular formula is C22H31N. The van der Waals surface area contributed by atoms with Crippen LogP contribution in [0.3, 0.4) is 0 Å². The predicted octanol–water partition coefficient (Wildman–Crippen LogP) is 6.29. The van der Waals surface area contributed by atoms with Crippen LogP contribution in [0.1, 0.15) is 54.2 Å². The number of aryl methyl sites for hydroxylation is 3. The van der Waals surface area contributed by atoms with Gasteiger partial charge >= 0.3 is 0 Å². The van der Waals surface area contributed by atoms with Crippen LogP contribution in [0, 0.1) is 34.6 Å². The van der Waals surface area contributed by atoms with Gasteiger partial charge in [-0.25, -0.2) is 0 Å². The van der Waals surface area contributed by atoms with E-state index in [1.54, 1.807) is 0 Å². The highest BCUT2D eigenvalue weighted by Crippen LogP contribution is 2.37. The van der Waals surface area contributed by atoms with Crippen LogP contribution >= 0.6 is 0 Å². The maximum Gasteiger partial charge on any atom is 0.0472 e. The second-order valence-corrected chi connectivity index (χ2v) is 7.92. The summed E-state index contributed by atoms with van der Waals surface area (Å²) in [7, 11) is 2.20. The van der Waals surface area contributed by atoms with Crippen LogP contribution in [-0.4, -0.2) is 7.05 Å². The van der Waals surface area contributed by atoms with E-state index in [2.05, 4.69) is 91.6 Å². The Balaban J connectivity index is 2.65. The first-order valence-corrected chi connectivity index (χ1v) is 8.46. The molecule has 0 aliphatic rings. The van der Waals surface area contributed by atoms with Crippen LogP contribution in [0.5, 0.6) is 0 Å². The van der Waals surface area contributed by atoms with E-state index in [0.29, 0.717) is 0 Å². The van der Waals surface area contributed by atoms with Crippen molar-refractivity contribution >= 4 is 11.4 Å². The monoisotopic (exact) mass is 309 g/mol. The summed E-state index contributed by atoms with van der Waals surface area (Å²) < 4.78 is 0. The van der Waals surface area contributed by atoms with E-state index in [0.717, 1.165) is 0 Å². The van der Waals surface area contributed by atoms with Crippen LogP contribution in [0.15, 0.2) is 24.3 Å². The topological polar surface area (TPSA) is 3.24 Å². The third-order valence-corrected chi connectivity index (χ3v) is 5.10. The first kappa shape index (κ1) is 17.6. The molecule has 124 valence electrons. The lowest BCUT2D eigenvalue weighted by molar-refractivity contribution is 0.590. The van der Waals surface area contributed by atoms with Gasteiger partial charge in [-0.15, -0.1) is 0 Å².